The first-order valence-electron chi connectivity index (χ1n) is 12.2. The molecule has 10 heteroatoms. The molecule has 2 aromatic carbocycles. The Morgan fingerprint density at radius 1 is 1.14 bits per heavy atom. The maximum Gasteiger partial charge on any atom is 0.433 e. The number of amides is 1. The first-order chi connectivity index (χ1) is 17.7. The molecule has 0 bridgehead atoms. The summed E-state index contributed by atoms with van der Waals surface area (Å²) in [5.74, 6) is -0.00940. The molecule has 192 valence electrons. The van der Waals surface area contributed by atoms with Gasteiger partial charge in [0.2, 0.25) is 5.91 Å². The third kappa shape index (κ3) is 5.77. The average Bonchev–Trinajstić information content (AvgIpc) is 3.00. The second kappa shape index (κ2) is 10.4. The zero-order chi connectivity index (χ0) is 26.2. The summed E-state index contributed by atoms with van der Waals surface area (Å²) in [6.07, 6.45) is 0.0632. The molecule has 5 rings (SSSR count). The number of nitrogens with zero attached hydrogens (tertiary/aromatic N) is 2. The van der Waals surface area contributed by atoms with Crippen LogP contribution in [0, 0.1) is 0 Å². The van der Waals surface area contributed by atoms with Crippen molar-refractivity contribution in [1.82, 2.24) is 14.9 Å². The lowest BCUT2D eigenvalue weighted by Gasteiger charge is -2.21. The Balaban J connectivity index is 1.25. The van der Waals surface area contributed by atoms with Gasteiger partial charge in [0.05, 0.1) is 21.5 Å². The van der Waals surface area contributed by atoms with Crippen LogP contribution in [0.3, 0.4) is 0 Å². The largest absolute Gasteiger partial charge is 0.433 e. The molecular weight excluding hydrogens is 517 g/mol. The van der Waals surface area contributed by atoms with Gasteiger partial charge in [-0.15, -0.1) is 0 Å². The number of pyridine rings is 1. The number of alkyl halides is 3. The number of hydrogen-bond acceptors (Lipinski definition) is 3. The van der Waals surface area contributed by atoms with Gasteiger partial charge in [0.15, 0.2) is 0 Å². The Hall–Kier alpha value is -3.04. The van der Waals surface area contributed by atoms with Crippen LogP contribution >= 0.6 is 11.6 Å². The van der Waals surface area contributed by atoms with E-state index in [-0.39, 0.29) is 23.1 Å². The number of anilines is 1. The molecule has 1 fully saturated rings. The topological polar surface area (TPSA) is 59.0 Å². The molecule has 5 nitrogen and oxygen atoms in total. The average molecular weight is 543 g/mol. The Bertz CT molecular complexity index is 1460. The second-order valence-corrected chi connectivity index (χ2v) is 11.5. The number of nitrogens with one attached hydrogen (secondary N) is 2. The van der Waals surface area contributed by atoms with Gasteiger partial charge >= 0.3 is 6.18 Å². The van der Waals surface area contributed by atoms with E-state index in [4.69, 9.17) is 11.6 Å². The quantitative estimate of drug-likeness (QED) is 0.296. The van der Waals surface area contributed by atoms with Crippen LogP contribution in [0.5, 0.6) is 0 Å². The van der Waals surface area contributed by atoms with E-state index < -0.39 is 11.9 Å². The van der Waals surface area contributed by atoms with Crippen molar-refractivity contribution in [2.24, 2.45) is 7.05 Å². The molecule has 2 radical (unpaired) electrons. The normalized spacial score (nSPS) is 18.6. The number of aryl methyl sites for hydroxylation is 1. The SMILES string of the molecule is Cn1cc(CC(=O)N[C@H]2CC[C@@H](Nc3cc(C(F)(F)F)nc4ccc(Cl)cc34)CC[Si]2)c2ccccc21. The van der Waals surface area contributed by atoms with E-state index in [9.17, 15) is 18.0 Å². The highest BCUT2D eigenvalue weighted by Gasteiger charge is 2.34. The molecule has 37 heavy (non-hydrogen) atoms. The first-order valence-corrected chi connectivity index (χ1v) is 13.8. The minimum atomic E-state index is -4.55. The van der Waals surface area contributed by atoms with Gasteiger partial charge in [0.1, 0.15) is 5.69 Å². The smallest absolute Gasteiger partial charge is 0.382 e. The standard InChI is InChI=1S/C27H26ClF3N4OSi/c1-35-15-16(19-4-2-3-5-23(19)35)12-25(36)34-26-9-7-18(10-11-37-26)32-22-14-24(27(29,30)31)33-21-8-6-17(28)13-20(21)22/h2-6,8,13-15,18,26H,7,9-12H2,1H3,(H,32,33)(H,34,36)/t18-,26-/m1/s1. The molecule has 1 saturated heterocycles. The van der Waals surface area contributed by atoms with Crippen LogP contribution in [0.1, 0.15) is 30.5 Å². The molecule has 4 aromatic rings. The molecule has 1 aliphatic heterocycles. The summed E-state index contributed by atoms with van der Waals surface area (Å²) in [4.78, 5) is 16.7. The number of rotatable bonds is 5. The lowest BCUT2D eigenvalue weighted by atomic mass is 10.1. The molecule has 0 saturated carbocycles. The molecule has 0 unspecified atom stereocenters. The summed E-state index contributed by atoms with van der Waals surface area (Å²) >= 11 is 6.13. The van der Waals surface area contributed by atoms with Gasteiger partial charge in [-0.3, -0.25) is 4.79 Å². The Labute approximate surface area is 220 Å². The lowest BCUT2D eigenvalue weighted by Crippen LogP contribution is -2.39. The summed E-state index contributed by atoms with van der Waals surface area (Å²) in [5, 5.41) is 8.60. The summed E-state index contributed by atoms with van der Waals surface area (Å²) in [6.45, 7) is 0. The van der Waals surface area contributed by atoms with Crippen molar-refractivity contribution in [2.75, 3.05) is 5.32 Å². The number of aromatic nitrogens is 2. The van der Waals surface area contributed by atoms with Gasteiger partial charge in [-0.1, -0.05) is 35.8 Å². The summed E-state index contributed by atoms with van der Waals surface area (Å²) in [5.41, 5.74) is 1.84. The number of para-hydroxylation sites is 1. The van der Waals surface area contributed by atoms with E-state index in [1.165, 1.54) is 6.07 Å². The number of hydrogen-bond donors (Lipinski definition) is 2. The number of carbonyl (C=O) groups is 1. The van der Waals surface area contributed by atoms with Gasteiger partial charge in [-0.25, -0.2) is 4.98 Å². The highest BCUT2D eigenvalue weighted by molar-refractivity contribution is 6.38. The van der Waals surface area contributed by atoms with Crippen LogP contribution in [0.25, 0.3) is 21.8 Å². The van der Waals surface area contributed by atoms with E-state index in [1.807, 2.05) is 42.1 Å². The maximum absolute atomic E-state index is 13.5. The third-order valence-electron chi connectivity index (χ3n) is 6.77. The van der Waals surface area contributed by atoms with E-state index in [0.717, 1.165) is 47.8 Å². The summed E-state index contributed by atoms with van der Waals surface area (Å²) in [7, 11) is 2.52. The number of fused-ring (bicyclic) bond motifs is 2. The lowest BCUT2D eigenvalue weighted by molar-refractivity contribution is -0.140. The molecule has 3 heterocycles. The molecule has 2 aromatic heterocycles. The van der Waals surface area contributed by atoms with Crippen LogP contribution in [-0.2, 0) is 24.4 Å². The van der Waals surface area contributed by atoms with Crippen molar-refractivity contribution < 1.29 is 18.0 Å². The van der Waals surface area contributed by atoms with Crippen LogP contribution in [0.15, 0.2) is 54.7 Å². The number of halogens is 4. The Morgan fingerprint density at radius 3 is 2.76 bits per heavy atom. The van der Waals surface area contributed by atoms with E-state index >= 15 is 0 Å². The highest BCUT2D eigenvalue weighted by atomic mass is 35.5. The van der Waals surface area contributed by atoms with Crippen molar-refractivity contribution in [3.05, 3.63) is 71.0 Å². The molecule has 2 N–H and O–H groups in total. The fraction of sp³-hybridized carbons (Fsp3) is 0.333. The van der Waals surface area contributed by atoms with Crippen LogP contribution < -0.4 is 10.6 Å². The zero-order valence-corrected chi connectivity index (χ0v) is 22.0. The fourth-order valence-corrected chi connectivity index (χ4v) is 6.65. The first kappa shape index (κ1) is 25.6. The van der Waals surface area contributed by atoms with Crippen LogP contribution in [0.2, 0.25) is 11.1 Å². The molecule has 1 aliphatic rings. The minimum absolute atomic E-state index is 0.00940. The molecule has 2 atom stereocenters. The van der Waals surface area contributed by atoms with Gasteiger partial charge in [-0.05, 0) is 55.2 Å². The van der Waals surface area contributed by atoms with Gasteiger partial charge < -0.3 is 15.2 Å². The van der Waals surface area contributed by atoms with Gasteiger partial charge in [0, 0.05) is 52.0 Å². The summed E-state index contributed by atoms with van der Waals surface area (Å²) < 4.78 is 42.5. The second-order valence-electron chi connectivity index (χ2n) is 9.45. The van der Waals surface area contributed by atoms with E-state index in [2.05, 4.69) is 15.6 Å². The van der Waals surface area contributed by atoms with Crippen molar-refractivity contribution >= 4 is 54.5 Å². The van der Waals surface area contributed by atoms with Crippen molar-refractivity contribution in [2.45, 2.75) is 49.6 Å². The molecule has 1 amide bonds. The van der Waals surface area contributed by atoms with Gasteiger partial charge in [0.25, 0.3) is 0 Å². The zero-order valence-electron chi connectivity index (χ0n) is 20.2. The molecule has 0 spiro atoms. The third-order valence-corrected chi connectivity index (χ3v) is 8.51. The Kier molecular flexibility index (Phi) is 7.18. The monoisotopic (exact) mass is 542 g/mol. The predicted molar refractivity (Wildman–Crippen MR) is 142 cm³/mol. The van der Waals surface area contributed by atoms with E-state index in [1.54, 1.807) is 12.1 Å². The molecule has 0 aliphatic carbocycles. The number of benzene rings is 2. The van der Waals surface area contributed by atoms with Crippen LogP contribution in [-0.4, -0.2) is 36.7 Å². The van der Waals surface area contributed by atoms with E-state index in [0.29, 0.717) is 32.0 Å². The number of carbonyl (C=O) groups excluding carboxylic acids is 1. The van der Waals surface area contributed by atoms with Crippen molar-refractivity contribution in [3.63, 3.8) is 0 Å². The predicted octanol–water partition coefficient (Wildman–Crippen LogP) is 6.17. The Morgan fingerprint density at radius 2 is 1.95 bits per heavy atom. The fourth-order valence-electron chi connectivity index (χ4n) is 4.98. The molecular formula is C27H26ClF3N4OSi. The van der Waals surface area contributed by atoms with Gasteiger partial charge in [-0.2, -0.15) is 13.2 Å². The minimum Gasteiger partial charge on any atom is -0.382 e. The summed E-state index contributed by atoms with van der Waals surface area (Å²) in [6, 6.07) is 14.6. The highest BCUT2D eigenvalue weighted by Crippen LogP contribution is 2.35. The van der Waals surface area contributed by atoms with Crippen molar-refractivity contribution in [3.8, 4) is 0 Å². The maximum atomic E-state index is 13.5. The van der Waals surface area contributed by atoms with Crippen molar-refractivity contribution in [1.29, 1.82) is 0 Å². The van der Waals surface area contributed by atoms with Crippen LogP contribution in [0.4, 0.5) is 18.9 Å².